The Bertz CT molecular complexity index is 817. The molecule has 8 heteroatoms. The Kier molecular flexibility index (Phi) is 4.07. The minimum absolute atomic E-state index is 0.0407. The Labute approximate surface area is 120 Å². The molecule has 0 saturated heterocycles. The van der Waals surface area contributed by atoms with Crippen molar-refractivity contribution >= 4 is 16.0 Å². The highest BCUT2D eigenvalue weighted by atomic mass is 32.2. The van der Waals surface area contributed by atoms with Crippen molar-refractivity contribution in [2.45, 2.75) is 11.6 Å². The van der Waals surface area contributed by atoms with Gasteiger partial charge in [-0.1, -0.05) is 12.1 Å². The first-order valence-electron chi connectivity index (χ1n) is 5.74. The van der Waals surface area contributed by atoms with Crippen LogP contribution in [0.15, 0.2) is 45.9 Å². The number of hydrogen-bond acceptors (Lipinski definition) is 5. The van der Waals surface area contributed by atoms with E-state index in [1.54, 1.807) is 24.3 Å². The Balaban J connectivity index is 2.14. The van der Waals surface area contributed by atoms with Crippen molar-refractivity contribution in [2.75, 3.05) is 0 Å². The second kappa shape index (κ2) is 5.78. The molecule has 0 aliphatic rings. The molecule has 1 heterocycles. The van der Waals surface area contributed by atoms with Crippen LogP contribution in [0.5, 0.6) is 0 Å². The van der Waals surface area contributed by atoms with Crippen molar-refractivity contribution in [1.29, 1.82) is 5.26 Å². The summed E-state index contributed by atoms with van der Waals surface area (Å²) in [6.07, 6.45) is 0. The van der Waals surface area contributed by atoms with Gasteiger partial charge in [-0.25, -0.2) is 17.9 Å². The van der Waals surface area contributed by atoms with E-state index in [0.29, 0.717) is 11.1 Å². The summed E-state index contributed by atoms with van der Waals surface area (Å²) in [6, 6.07) is 10.5. The van der Waals surface area contributed by atoms with Crippen LogP contribution in [0.25, 0.3) is 0 Å². The number of aromatic carboxylic acids is 1. The molecule has 0 amide bonds. The summed E-state index contributed by atoms with van der Waals surface area (Å²) in [5.41, 5.74) is 1.01. The Hall–Kier alpha value is -2.63. The molecule has 0 fully saturated rings. The zero-order valence-electron chi connectivity index (χ0n) is 10.6. The van der Waals surface area contributed by atoms with Crippen LogP contribution in [-0.2, 0) is 16.6 Å². The molecule has 1 aromatic heterocycles. The Morgan fingerprint density at radius 3 is 2.71 bits per heavy atom. The van der Waals surface area contributed by atoms with E-state index < -0.39 is 26.8 Å². The number of nitriles is 1. The van der Waals surface area contributed by atoms with Crippen LogP contribution < -0.4 is 4.72 Å². The molecule has 0 aliphatic carbocycles. The van der Waals surface area contributed by atoms with Crippen molar-refractivity contribution in [3.63, 3.8) is 0 Å². The third kappa shape index (κ3) is 3.47. The smallest absolute Gasteiger partial charge is 0.371 e. The van der Waals surface area contributed by atoms with Gasteiger partial charge in [-0.15, -0.1) is 0 Å². The number of nitrogens with one attached hydrogen (secondary N) is 1. The van der Waals surface area contributed by atoms with E-state index in [0.717, 1.165) is 12.1 Å². The number of sulfonamides is 1. The van der Waals surface area contributed by atoms with Crippen molar-refractivity contribution < 1.29 is 22.7 Å². The van der Waals surface area contributed by atoms with Gasteiger partial charge >= 0.3 is 5.97 Å². The number of carboxylic acid groups (broad SMARTS) is 1. The fourth-order valence-corrected chi connectivity index (χ4v) is 2.53. The van der Waals surface area contributed by atoms with Gasteiger partial charge in [0.25, 0.3) is 10.0 Å². The van der Waals surface area contributed by atoms with E-state index in [1.165, 1.54) is 0 Å². The summed E-state index contributed by atoms with van der Waals surface area (Å²) in [5, 5.41) is 17.0. The van der Waals surface area contributed by atoms with Gasteiger partial charge in [-0.05, 0) is 29.8 Å². The van der Waals surface area contributed by atoms with E-state index in [4.69, 9.17) is 14.8 Å². The molecule has 2 aromatic rings. The predicted octanol–water partition coefficient (Wildman–Crippen LogP) is 1.33. The lowest BCUT2D eigenvalue weighted by Gasteiger charge is -2.04. The molecule has 1 aromatic carbocycles. The average Bonchev–Trinajstić information content (AvgIpc) is 2.96. The van der Waals surface area contributed by atoms with E-state index in [9.17, 15) is 13.2 Å². The van der Waals surface area contributed by atoms with Gasteiger partial charge in [0.05, 0.1) is 11.6 Å². The number of carboxylic acids is 1. The lowest BCUT2D eigenvalue weighted by Crippen LogP contribution is -2.22. The summed E-state index contributed by atoms with van der Waals surface area (Å²) in [6.45, 7) is -0.0407. The Morgan fingerprint density at radius 1 is 1.33 bits per heavy atom. The number of hydrogen-bond donors (Lipinski definition) is 2. The number of furan rings is 1. The quantitative estimate of drug-likeness (QED) is 0.859. The third-order valence-corrected chi connectivity index (χ3v) is 3.85. The second-order valence-corrected chi connectivity index (χ2v) is 5.76. The maximum Gasteiger partial charge on any atom is 0.371 e. The number of nitrogens with zero attached hydrogens (tertiary/aromatic N) is 1. The van der Waals surface area contributed by atoms with E-state index in [-0.39, 0.29) is 6.54 Å². The van der Waals surface area contributed by atoms with Crippen LogP contribution in [0.1, 0.15) is 21.7 Å². The second-order valence-electron chi connectivity index (χ2n) is 4.06. The summed E-state index contributed by atoms with van der Waals surface area (Å²) < 4.78 is 30.9. The summed E-state index contributed by atoms with van der Waals surface area (Å²) in [4.78, 5) is 10.7. The molecule has 0 saturated carbocycles. The standard InChI is InChI=1S/C13H10N2O5S/c14-7-9-2-1-3-10(6-9)8-15-21(18,19)12-5-4-11(20-12)13(16)17/h1-6,15H,8H2,(H,16,17). The van der Waals surface area contributed by atoms with Crippen molar-refractivity contribution in [2.24, 2.45) is 0 Å². The minimum atomic E-state index is -3.95. The van der Waals surface area contributed by atoms with Crippen molar-refractivity contribution in [3.05, 3.63) is 53.3 Å². The number of carbonyl (C=O) groups is 1. The molecular weight excluding hydrogens is 296 g/mol. The highest BCUT2D eigenvalue weighted by Gasteiger charge is 2.20. The molecule has 0 bridgehead atoms. The van der Waals surface area contributed by atoms with E-state index in [1.807, 2.05) is 6.07 Å². The number of rotatable bonds is 5. The fraction of sp³-hybridized carbons (Fsp3) is 0.0769. The van der Waals surface area contributed by atoms with Gasteiger partial charge in [-0.2, -0.15) is 5.26 Å². The molecule has 2 N–H and O–H groups in total. The Morgan fingerprint density at radius 2 is 2.10 bits per heavy atom. The molecule has 7 nitrogen and oxygen atoms in total. The SMILES string of the molecule is N#Cc1cccc(CNS(=O)(=O)c2ccc(C(=O)O)o2)c1. The van der Waals surface area contributed by atoms with Crippen LogP contribution in [-0.4, -0.2) is 19.5 Å². The fourth-order valence-electron chi connectivity index (χ4n) is 1.58. The van der Waals surface area contributed by atoms with Gasteiger partial charge in [0.2, 0.25) is 10.9 Å². The molecule has 0 aliphatic heterocycles. The molecule has 21 heavy (non-hydrogen) atoms. The topological polar surface area (TPSA) is 120 Å². The molecule has 0 unspecified atom stereocenters. The molecule has 2 rings (SSSR count). The first-order valence-corrected chi connectivity index (χ1v) is 7.22. The van der Waals surface area contributed by atoms with Crippen molar-refractivity contribution in [3.8, 4) is 6.07 Å². The normalized spacial score (nSPS) is 11.0. The zero-order chi connectivity index (χ0) is 15.5. The van der Waals surface area contributed by atoms with Gasteiger partial charge in [0, 0.05) is 6.54 Å². The molecule has 108 valence electrons. The predicted molar refractivity (Wildman–Crippen MR) is 70.8 cm³/mol. The maximum absolute atomic E-state index is 11.9. The highest BCUT2D eigenvalue weighted by Crippen LogP contribution is 2.14. The first kappa shape index (κ1) is 14.8. The summed E-state index contributed by atoms with van der Waals surface area (Å²) in [7, 11) is -3.95. The molecule has 0 atom stereocenters. The largest absolute Gasteiger partial charge is 0.475 e. The van der Waals surface area contributed by atoms with E-state index >= 15 is 0 Å². The van der Waals surface area contributed by atoms with Gasteiger partial charge in [0.1, 0.15) is 0 Å². The average molecular weight is 306 g/mol. The van der Waals surface area contributed by atoms with Crippen LogP contribution in [0, 0.1) is 11.3 Å². The molecule has 0 spiro atoms. The van der Waals surface area contributed by atoms with Crippen LogP contribution in [0.2, 0.25) is 0 Å². The highest BCUT2D eigenvalue weighted by molar-refractivity contribution is 7.89. The number of benzene rings is 1. The van der Waals surface area contributed by atoms with Gasteiger partial charge in [-0.3, -0.25) is 0 Å². The summed E-state index contributed by atoms with van der Waals surface area (Å²) in [5.74, 6) is -1.81. The first-order chi connectivity index (χ1) is 9.92. The third-order valence-electron chi connectivity index (χ3n) is 2.58. The van der Waals surface area contributed by atoms with E-state index in [2.05, 4.69) is 4.72 Å². The van der Waals surface area contributed by atoms with Gasteiger partial charge < -0.3 is 9.52 Å². The minimum Gasteiger partial charge on any atom is -0.475 e. The van der Waals surface area contributed by atoms with Gasteiger partial charge in [0.15, 0.2) is 0 Å². The maximum atomic E-state index is 11.9. The van der Waals surface area contributed by atoms with Crippen LogP contribution in [0.4, 0.5) is 0 Å². The van der Waals surface area contributed by atoms with Crippen LogP contribution in [0.3, 0.4) is 0 Å². The van der Waals surface area contributed by atoms with Crippen LogP contribution >= 0.6 is 0 Å². The molecular formula is C13H10N2O5S. The molecule has 0 radical (unpaired) electrons. The summed E-state index contributed by atoms with van der Waals surface area (Å²) >= 11 is 0. The van der Waals surface area contributed by atoms with Crippen molar-refractivity contribution in [1.82, 2.24) is 4.72 Å². The lowest BCUT2D eigenvalue weighted by molar-refractivity contribution is 0.0656. The monoisotopic (exact) mass is 306 g/mol. The zero-order valence-corrected chi connectivity index (χ0v) is 11.4. The lowest BCUT2D eigenvalue weighted by atomic mass is 10.1.